The maximum absolute atomic E-state index is 13.0. The molecule has 2 rings (SSSR count). The number of nitrogens with one attached hydrogen (secondary N) is 1. The summed E-state index contributed by atoms with van der Waals surface area (Å²) in [5.41, 5.74) is 1.94. The molecule has 2 aromatic rings. The number of nitrogens with zero attached hydrogens (tertiary/aromatic N) is 3. The molecule has 0 aliphatic carbocycles. The van der Waals surface area contributed by atoms with Gasteiger partial charge in [-0.3, -0.25) is 4.68 Å². The van der Waals surface area contributed by atoms with Crippen molar-refractivity contribution >= 4 is 5.69 Å². The van der Waals surface area contributed by atoms with Crippen molar-refractivity contribution in [1.29, 1.82) is 5.26 Å². The van der Waals surface area contributed by atoms with E-state index in [2.05, 4.69) is 24.3 Å². The first-order valence-electron chi connectivity index (χ1n) is 6.06. The number of hydrogen-bond acceptors (Lipinski definition) is 3. The fourth-order valence-corrected chi connectivity index (χ4v) is 1.71. The van der Waals surface area contributed by atoms with Crippen LogP contribution in [0.2, 0.25) is 0 Å². The van der Waals surface area contributed by atoms with Gasteiger partial charge in [0.15, 0.2) is 0 Å². The van der Waals surface area contributed by atoms with Crippen LogP contribution in [0.4, 0.5) is 10.1 Å². The quantitative estimate of drug-likeness (QED) is 0.916. The van der Waals surface area contributed by atoms with Crippen molar-refractivity contribution in [3.63, 3.8) is 0 Å². The van der Waals surface area contributed by atoms with Crippen LogP contribution >= 0.6 is 0 Å². The third-order valence-electron chi connectivity index (χ3n) is 2.77. The van der Waals surface area contributed by atoms with Crippen molar-refractivity contribution in [1.82, 2.24) is 9.78 Å². The summed E-state index contributed by atoms with van der Waals surface area (Å²) in [6, 6.07) is 6.41. The zero-order valence-corrected chi connectivity index (χ0v) is 10.9. The molecule has 0 aliphatic heterocycles. The van der Waals surface area contributed by atoms with Crippen LogP contribution in [0.3, 0.4) is 0 Å². The summed E-state index contributed by atoms with van der Waals surface area (Å²) in [5.74, 6) is -0.408. The van der Waals surface area contributed by atoms with E-state index < -0.39 is 5.82 Å². The Morgan fingerprint density at radius 1 is 1.47 bits per heavy atom. The van der Waals surface area contributed by atoms with Gasteiger partial charge in [-0.05, 0) is 32.0 Å². The summed E-state index contributed by atoms with van der Waals surface area (Å²) in [6.07, 6.45) is 3.73. The van der Waals surface area contributed by atoms with Gasteiger partial charge in [0.05, 0.1) is 17.4 Å². The molecule has 0 amide bonds. The largest absolute Gasteiger partial charge is 0.380 e. The van der Waals surface area contributed by atoms with Gasteiger partial charge in [-0.1, -0.05) is 0 Å². The first-order chi connectivity index (χ1) is 9.10. The monoisotopic (exact) mass is 258 g/mol. The Labute approximate surface area is 111 Å². The van der Waals surface area contributed by atoms with Gasteiger partial charge >= 0.3 is 0 Å². The van der Waals surface area contributed by atoms with Crippen LogP contribution in [-0.4, -0.2) is 9.78 Å². The minimum atomic E-state index is -0.408. The van der Waals surface area contributed by atoms with E-state index in [1.807, 2.05) is 16.9 Å². The maximum Gasteiger partial charge on any atom is 0.124 e. The highest BCUT2D eigenvalue weighted by molar-refractivity contribution is 5.57. The average molecular weight is 258 g/mol. The van der Waals surface area contributed by atoms with E-state index in [0.717, 1.165) is 5.56 Å². The van der Waals surface area contributed by atoms with E-state index in [1.54, 1.807) is 12.3 Å². The zero-order chi connectivity index (χ0) is 13.8. The molecule has 0 atom stereocenters. The predicted octanol–water partition coefficient (Wildman–Crippen LogP) is 3.09. The average Bonchev–Trinajstić information content (AvgIpc) is 2.86. The Kier molecular flexibility index (Phi) is 3.81. The van der Waals surface area contributed by atoms with E-state index in [4.69, 9.17) is 5.26 Å². The highest BCUT2D eigenvalue weighted by Crippen LogP contribution is 2.17. The van der Waals surface area contributed by atoms with Crippen LogP contribution in [0.15, 0.2) is 30.6 Å². The number of rotatable bonds is 4. The molecule has 4 nitrogen and oxygen atoms in total. The molecular formula is C14H15FN4. The van der Waals surface area contributed by atoms with Crippen molar-refractivity contribution in [2.45, 2.75) is 26.4 Å². The number of hydrogen-bond donors (Lipinski definition) is 1. The topological polar surface area (TPSA) is 53.6 Å². The molecule has 0 fully saturated rings. The summed E-state index contributed by atoms with van der Waals surface area (Å²) in [6.45, 7) is 4.66. The Morgan fingerprint density at radius 2 is 2.26 bits per heavy atom. The van der Waals surface area contributed by atoms with Crippen molar-refractivity contribution in [3.8, 4) is 6.07 Å². The number of aromatic nitrogens is 2. The molecule has 98 valence electrons. The molecule has 1 aromatic carbocycles. The summed E-state index contributed by atoms with van der Waals surface area (Å²) in [5, 5.41) is 16.3. The van der Waals surface area contributed by atoms with Gasteiger partial charge in [-0.15, -0.1) is 0 Å². The number of anilines is 1. The molecule has 5 heteroatoms. The first-order valence-corrected chi connectivity index (χ1v) is 6.06. The van der Waals surface area contributed by atoms with E-state index in [9.17, 15) is 4.39 Å². The lowest BCUT2D eigenvalue weighted by atomic mass is 10.2. The van der Waals surface area contributed by atoms with Crippen LogP contribution in [0, 0.1) is 17.1 Å². The minimum absolute atomic E-state index is 0.302. The van der Waals surface area contributed by atoms with Crippen molar-refractivity contribution in [2.24, 2.45) is 0 Å². The standard InChI is InChI=1S/C14H15FN4/c1-10(2)19-9-11(8-18-19)7-17-14-4-3-13(15)5-12(14)6-16/h3-5,8-10,17H,7H2,1-2H3. The molecule has 0 unspecified atom stereocenters. The van der Waals surface area contributed by atoms with Crippen molar-refractivity contribution in [2.75, 3.05) is 5.32 Å². The number of nitriles is 1. The fraction of sp³-hybridized carbons (Fsp3) is 0.286. The molecule has 1 aromatic heterocycles. The Balaban J connectivity index is 2.08. The van der Waals surface area contributed by atoms with Crippen LogP contribution in [0.1, 0.15) is 31.0 Å². The second kappa shape index (κ2) is 5.53. The van der Waals surface area contributed by atoms with Crippen LogP contribution in [-0.2, 0) is 6.54 Å². The van der Waals surface area contributed by atoms with E-state index in [0.29, 0.717) is 23.8 Å². The number of halogens is 1. The molecule has 0 aliphatic rings. The highest BCUT2D eigenvalue weighted by atomic mass is 19.1. The molecule has 19 heavy (non-hydrogen) atoms. The van der Waals surface area contributed by atoms with Gasteiger partial charge in [0, 0.05) is 24.3 Å². The normalized spacial score (nSPS) is 10.5. The minimum Gasteiger partial charge on any atom is -0.380 e. The van der Waals surface area contributed by atoms with Crippen LogP contribution in [0.5, 0.6) is 0 Å². The zero-order valence-electron chi connectivity index (χ0n) is 10.9. The molecule has 0 spiro atoms. The van der Waals surface area contributed by atoms with Gasteiger partial charge in [-0.25, -0.2) is 4.39 Å². The van der Waals surface area contributed by atoms with Crippen molar-refractivity contribution in [3.05, 3.63) is 47.5 Å². The Hall–Kier alpha value is -2.35. The number of benzene rings is 1. The lowest BCUT2D eigenvalue weighted by molar-refractivity contribution is 0.532. The smallest absolute Gasteiger partial charge is 0.124 e. The summed E-state index contributed by atoms with van der Waals surface area (Å²) >= 11 is 0. The highest BCUT2D eigenvalue weighted by Gasteiger charge is 2.05. The maximum atomic E-state index is 13.0. The summed E-state index contributed by atoms with van der Waals surface area (Å²) < 4.78 is 14.9. The van der Waals surface area contributed by atoms with Gasteiger partial charge in [0.1, 0.15) is 11.9 Å². The molecule has 0 saturated heterocycles. The van der Waals surface area contributed by atoms with Crippen LogP contribution in [0.25, 0.3) is 0 Å². The van der Waals surface area contributed by atoms with Gasteiger partial charge < -0.3 is 5.32 Å². The Bertz CT molecular complexity index is 610. The van der Waals surface area contributed by atoms with Gasteiger partial charge in [0.2, 0.25) is 0 Å². The van der Waals surface area contributed by atoms with E-state index in [1.165, 1.54) is 12.1 Å². The Morgan fingerprint density at radius 3 is 2.89 bits per heavy atom. The molecule has 0 saturated carbocycles. The van der Waals surface area contributed by atoms with E-state index >= 15 is 0 Å². The third-order valence-corrected chi connectivity index (χ3v) is 2.77. The molecule has 1 heterocycles. The molecule has 0 radical (unpaired) electrons. The third kappa shape index (κ3) is 3.10. The summed E-state index contributed by atoms with van der Waals surface area (Å²) in [7, 11) is 0. The molecule has 1 N–H and O–H groups in total. The molecule has 0 bridgehead atoms. The second-order valence-electron chi connectivity index (χ2n) is 4.58. The fourth-order valence-electron chi connectivity index (χ4n) is 1.71. The van der Waals surface area contributed by atoms with E-state index in [-0.39, 0.29) is 0 Å². The lowest BCUT2D eigenvalue weighted by Gasteiger charge is -2.07. The molecular weight excluding hydrogens is 243 g/mol. The first kappa shape index (κ1) is 13.1. The lowest BCUT2D eigenvalue weighted by Crippen LogP contribution is -2.02. The SMILES string of the molecule is CC(C)n1cc(CNc2ccc(F)cc2C#N)cn1. The second-order valence-corrected chi connectivity index (χ2v) is 4.58. The van der Waals surface area contributed by atoms with Crippen LogP contribution < -0.4 is 5.32 Å². The van der Waals surface area contributed by atoms with Crippen molar-refractivity contribution < 1.29 is 4.39 Å². The predicted molar refractivity (Wildman–Crippen MR) is 71.1 cm³/mol. The van der Waals surface area contributed by atoms with Gasteiger partial charge in [0.25, 0.3) is 0 Å². The van der Waals surface area contributed by atoms with Gasteiger partial charge in [-0.2, -0.15) is 10.4 Å². The summed E-state index contributed by atoms with van der Waals surface area (Å²) in [4.78, 5) is 0.